The summed E-state index contributed by atoms with van der Waals surface area (Å²) in [6, 6.07) is 3.64. The van der Waals surface area contributed by atoms with Crippen LogP contribution >= 0.6 is 27.3 Å². The molecule has 1 atom stereocenters. The molecule has 4 heterocycles. The Morgan fingerprint density at radius 1 is 1.38 bits per heavy atom. The molecular formula is C13H14BrN5O3S2. The molecule has 0 aromatic carbocycles. The number of sulfonamides is 1. The second kappa shape index (κ2) is 5.90. The Kier molecular flexibility index (Phi) is 3.98. The summed E-state index contributed by atoms with van der Waals surface area (Å²) in [7, 11) is -3.20. The summed E-state index contributed by atoms with van der Waals surface area (Å²) >= 11 is 4.67. The van der Waals surface area contributed by atoms with Gasteiger partial charge >= 0.3 is 0 Å². The Morgan fingerprint density at radius 2 is 2.21 bits per heavy atom. The monoisotopic (exact) mass is 431 g/mol. The minimum Gasteiger partial charge on any atom is -0.447 e. The number of hydrogen-bond donors (Lipinski definition) is 0. The van der Waals surface area contributed by atoms with Crippen LogP contribution in [0, 0.1) is 0 Å². The molecule has 0 saturated carbocycles. The van der Waals surface area contributed by atoms with Crippen LogP contribution in [0.25, 0.3) is 15.7 Å². The van der Waals surface area contributed by atoms with Crippen LogP contribution in [0.15, 0.2) is 21.2 Å². The van der Waals surface area contributed by atoms with E-state index >= 15 is 0 Å². The number of piperidine rings is 1. The van der Waals surface area contributed by atoms with Crippen LogP contribution in [-0.4, -0.2) is 51.9 Å². The minimum atomic E-state index is -3.20. The van der Waals surface area contributed by atoms with Gasteiger partial charge in [0.05, 0.1) is 6.26 Å². The molecule has 0 amide bonds. The summed E-state index contributed by atoms with van der Waals surface area (Å²) in [6.07, 6.45) is 2.91. The average molecular weight is 432 g/mol. The van der Waals surface area contributed by atoms with Crippen LogP contribution in [0.3, 0.4) is 0 Å². The van der Waals surface area contributed by atoms with Gasteiger partial charge in [0.25, 0.3) is 0 Å². The van der Waals surface area contributed by atoms with Crippen molar-refractivity contribution in [3.8, 4) is 10.8 Å². The summed E-state index contributed by atoms with van der Waals surface area (Å²) in [6.45, 7) is 0.971. The first-order valence-electron chi connectivity index (χ1n) is 7.35. The summed E-state index contributed by atoms with van der Waals surface area (Å²) in [5.74, 6) is 1.35. The Hall–Kier alpha value is -1.30. The summed E-state index contributed by atoms with van der Waals surface area (Å²) in [4.78, 5) is 0.670. The van der Waals surface area contributed by atoms with Crippen LogP contribution in [0.1, 0.15) is 24.6 Å². The lowest BCUT2D eigenvalue weighted by atomic mass is 9.99. The SMILES string of the molecule is CS(=O)(=O)N1CCCC(c2nnc3sc(-c4ccc(Br)o4)nn23)C1. The molecule has 0 N–H and O–H groups in total. The van der Waals surface area contributed by atoms with Gasteiger partial charge < -0.3 is 4.42 Å². The van der Waals surface area contributed by atoms with Crippen molar-refractivity contribution in [3.05, 3.63) is 22.6 Å². The first-order chi connectivity index (χ1) is 11.4. The van der Waals surface area contributed by atoms with Crippen LogP contribution in [0.5, 0.6) is 0 Å². The highest BCUT2D eigenvalue weighted by atomic mass is 79.9. The van der Waals surface area contributed by atoms with Crippen LogP contribution in [0.4, 0.5) is 0 Å². The predicted octanol–water partition coefficient (Wildman–Crippen LogP) is 2.35. The van der Waals surface area contributed by atoms with Crippen LogP contribution in [0.2, 0.25) is 0 Å². The molecular weight excluding hydrogens is 418 g/mol. The lowest BCUT2D eigenvalue weighted by Crippen LogP contribution is -2.38. The molecule has 0 aliphatic carbocycles. The molecule has 0 radical (unpaired) electrons. The van der Waals surface area contributed by atoms with Crippen molar-refractivity contribution in [2.24, 2.45) is 0 Å². The molecule has 24 heavy (non-hydrogen) atoms. The highest BCUT2D eigenvalue weighted by Gasteiger charge is 2.30. The zero-order valence-electron chi connectivity index (χ0n) is 12.7. The highest BCUT2D eigenvalue weighted by Crippen LogP contribution is 2.32. The van der Waals surface area contributed by atoms with Gasteiger partial charge in [-0.15, -0.1) is 15.3 Å². The number of aromatic nitrogens is 4. The first kappa shape index (κ1) is 16.2. The largest absolute Gasteiger partial charge is 0.447 e. The second-order valence-corrected chi connectivity index (χ2v) is 9.44. The molecule has 128 valence electrons. The summed E-state index contributed by atoms with van der Waals surface area (Å²) in [5.41, 5.74) is 0. The van der Waals surface area contributed by atoms with Gasteiger partial charge in [-0.1, -0.05) is 11.3 Å². The average Bonchev–Trinajstić information content (AvgIpc) is 3.21. The lowest BCUT2D eigenvalue weighted by Gasteiger charge is -2.29. The Balaban J connectivity index is 1.68. The van der Waals surface area contributed by atoms with Crippen LogP contribution in [-0.2, 0) is 10.0 Å². The molecule has 8 nitrogen and oxygen atoms in total. The van der Waals surface area contributed by atoms with E-state index in [1.807, 2.05) is 12.1 Å². The van der Waals surface area contributed by atoms with E-state index in [1.54, 1.807) is 4.52 Å². The third-order valence-electron chi connectivity index (χ3n) is 4.02. The number of hydrogen-bond acceptors (Lipinski definition) is 7. The van der Waals surface area contributed by atoms with Gasteiger partial charge in [-0.05, 0) is 40.9 Å². The molecule has 1 fully saturated rings. The van der Waals surface area contributed by atoms with E-state index in [-0.39, 0.29) is 5.92 Å². The Bertz CT molecular complexity index is 993. The zero-order valence-corrected chi connectivity index (χ0v) is 15.9. The van der Waals surface area contributed by atoms with Gasteiger partial charge in [0.1, 0.15) is 0 Å². The van der Waals surface area contributed by atoms with E-state index in [0.717, 1.165) is 12.8 Å². The Labute approximate surface area is 150 Å². The van der Waals surface area contributed by atoms with Crippen molar-refractivity contribution >= 4 is 42.3 Å². The molecule has 11 heteroatoms. The fourth-order valence-corrected chi connectivity index (χ4v) is 4.90. The van der Waals surface area contributed by atoms with E-state index in [1.165, 1.54) is 21.9 Å². The van der Waals surface area contributed by atoms with Gasteiger partial charge in [0, 0.05) is 19.0 Å². The molecule has 1 aliphatic rings. The lowest BCUT2D eigenvalue weighted by molar-refractivity contribution is 0.309. The molecule has 0 spiro atoms. The maximum Gasteiger partial charge on any atom is 0.235 e. The third kappa shape index (κ3) is 2.89. The van der Waals surface area contributed by atoms with Gasteiger partial charge in [-0.2, -0.15) is 4.52 Å². The molecule has 3 aromatic heterocycles. The van der Waals surface area contributed by atoms with Crippen molar-refractivity contribution < 1.29 is 12.8 Å². The van der Waals surface area contributed by atoms with E-state index in [2.05, 4.69) is 31.2 Å². The Morgan fingerprint density at radius 3 is 2.92 bits per heavy atom. The van der Waals surface area contributed by atoms with E-state index in [9.17, 15) is 8.42 Å². The summed E-state index contributed by atoms with van der Waals surface area (Å²) < 4.78 is 33.0. The van der Waals surface area contributed by atoms with Gasteiger partial charge in [-0.3, -0.25) is 0 Å². The number of halogens is 1. The van der Waals surface area contributed by atoms with Crippen LogP contribution < -0.4 is 0 Å². The maximum absolute atomic E-state index is 11.8. The normalized spacial score (nSPS) is 20.0. The van der Waals surface area contributed by atoms with Crippen molar-refractivity contribution in [3.63, 3.8) is 0 Å². The second-order valence-electron chi connectivity index (χ2n) is 5.72. The van der Waals surface area contributed by atoms with Gasteiger partial charge in [0.2, 0.25) is 15.0 Å². The molecule has 4 rings (SSSR count). The highest BCUT2D eigenvalue weighted by molar-refractivity contribution is 9.10. The predicted molar refractivity (Wildman–Crippen MR) is 92.5 cm³/mol. The van der Waals surface area contributed by atoms with Crippen molar-refractivity contribution in [1.82, 2.24) is 24.1 Å². The number of furan rings is 1. The maximum atomic E-state index is 11.8. The molecule has 1 aliphatic heterocycles. The van der Waals surface area contributed by atoms with E-state index in [0.29, 0.717) is 39.3 Å². The number of fused-ring (bicyclic) bond motifs is 1. The standard InChI is InChI=1S/C13H14BrN5O3S2/c1-24(20,21)18-6-2-3-8(7-18)11-15-16-13-19(11)17-12(23-13)9-4-5-10(14)22-9/h4-5,8H,2-3,6-7H2,1H3. The van der Waals surface area contributed by atoms with Gasteiger partial charge in [-0.25, -0.2) is 12.7 Å². The molecule has 0 bridgehead atoms. The third-order valence-corrected chi connectivity index (χ3v) is 6.63. The minimum absolute atomic E-state index is 0.0123. The van der Waals surface area contributed by atoms with Crippen molar-refractivity contribution in [2.75, 3.05) is 19.3 Å². The topological polar surface area (TPSA) is 93.6 Å². The number of rotatable bonds is 3. The summed E-state index contributed by atoms with van der Waals surface area (Å²) in [5, 5.41) is 13.7. The molecule has 1 unspecified atom stereocenters. The fourth-order valence-electron chi connectivity index (χ4n) is 2.87. The molecule has 1 saturated heterocycles. The first-order valence-corrected chi connectivity index (χ1v) is 10.8. The van der Waals surface area contributed by atoms with E-state index < -0.39 is 10.0 Å². The van der Waals surface area contributed by atoms with Crippen molar-refractivity contribution in [2.45, 2.75) is 18.8 Å². The quantitative estimate of drug-likeness (QED) is 0.631. The zero-order chi connectivity index (χ0) is 16.9. The molecule has 3 aromatic rings. The van der Waals surface area contributed by atoms with Gasteiger partial charge in [0.15, 0.2) is 21.3 Å². The van der Waals surface area contributed by atoms with Crippen molar-refractivity contribution in [1.29, 1.82) is 0 Å². The fraction of sp³-hybridized carbons (Fsp3) is 0.462. The smallest absolute Gasteiger partial charge is 0.235 e. The van der Waals surface area contributed by atoms with E-state index in [4.69, 9.17) is 4.42 Å². The number of nitrogens with zero attached hydrogens (tertiary/aromatic N) is 5.